The van der Waals surface area contributed by atoms with Crippen LogP contribution >= 0.6 is 0 Å². The van der Waals surface area contributed by atoms with Crippen LogP contribution in [0, 0.1) is 5.92 Å². The van der Waals surface area contributed by atoms with E-state index in [1.54, 1.807) is 7.11 Å². The van der Waals surface area contributed by atoms with E-state index >= 15 is 0 Å². The average Bonchev–Trinajstić information content (AvgIpc) is 2.53. The summed E-state index contributed by atoms with van der Waals surface area (Å²) in [5, 5.41) is 10.3. The van der Waals surface area contributed by atoms with Gasteiger partial charge in [0.1, 0.15) is 11.9 Å². The van der Waals surface area contributed by atoms with E-state index in [-0.39, 0.29) is 6.10 Å². The average molecular weight is 280 g/mol. The van der Waals surface area contributed by atoms with Crippen molar-refractivity contribution in [2.75, 3.05) is 26.9 Å². The van der Waals surface area contributed by atoms with E-state index in [1.807, 2.05) is 31.2 Å². The number of methoxy groups -OCH3 is 1. The molecule has 2 unspecified atom stereocenters. The molecule has 1 N–H and O–H groups in total. The lowest BCUT2D eigenvalue weighted by atomic mass is 10.0. The molecule has 0 amide bonds. The van der Waals surface area contributed by atoms with Crippen LogP contribution in [0.15, 0.2) is 24.3 Å². The number of hydrogen-bond acceptors (Lipinski definition) is 4. The Balaban J connectivity index is 1.82. The van der Waals surface area contributed by atoms with Gasteiger partial charge in [0.2, 0.25) is 0 Å². The molecule has 112 valence electrons. The number of ether oxygens (including phenoxy) is 3. The predicted molar refractivity (Wildman–Crippen MR) is 76.9 cm³/mol. The molecule has 0 aromatic heterocycles. The van der Waals surface area contributed by atoms with Crippen molar-refractivity contribution in [1.29, 1.82) is 0 Å². The third-order valence-corrected chi connectivity index (χ3v) is 3.84. The first-order chi connectivity index (χ1) is 9.70. The van der Waals surface area contributed by atoms with Crippen LogP contribution in [-0.2, 0) is 9.47 Å². The molecule has 0 bridgehead atoms. The van der Waals surface area contributed by atoms with E-state index in [0.29, 0.717) is 12.5 Å². The van der Waals surface area contributed by atoms with Gasteiger partial charge in [-0.25, -0.2) is 0 Å². The van der Waals surface area contributed by atoms with Gasteiger partial charge < -0.3 is 19.3 Å². The van der Waals surface area contributed by atoms with Gasteiger partial charge in [-0.1, -0.05) is 12.1 Å². The molecule has 1 fully saturated rings. The van der Waals surface area contributed by atoms with Crippen molar-refractivity contribution in [3.05, 3.63) is 29.8 Å². The van der Waals surface area contributed by atoms with Crippen molar-refractivity contribution in [3.63, 3.8) is 0 Å². The van der Waals surface area contributed by atoms with Crippen LogP contribution in [0.2, 0.25) is 0 Å². The Labute approximate surface area is 120 Å². The molecule has 1 aliphatic heterocycles. The summed E-state index contributed by atoms with van der Waals surface area (Å²) < 4.78 is 16.3. The van der Waals surface area contributed by atoms with E-state index in [9.17, 15) is 5.11 Å². The summed E-state index contributed by atoms with van der Waals surface area (Å²) in [6, 6.07) is 7.45. The highest BCUT2D eigenvalue weighted by Gasteiger charge is 2.20. The Hall–Kier alpha value is -1.10. The summed E-state index contributed by atoms with van der Waals surface area (Å²) in [7, 11) is 1.63. The lowest BCUT2D eigenvalue weighted by Crippen LogP contribution is -2.25. The second-order valence-electron chi connectivity index (χ2n) is 5.31. The number of rotatable bonds is 6. The van der Waals surface area contributed by atoms with Crippen LogP contribution in [0.25, 0.3) is 0 Å². The van der Waals surface area contributed by atoms with Crippen LogP contribution in [0.3, 0.4) is 0 Å². The highest BCUT2D eigenvalue weighted by Crippen LogP contribution is 2.23. The van der Waals surface area contributed by atoms with E-state index in [4.69, 9.17) is 14.2 Å². The molecular weight excluding hydrogens is 256 g/mol. The molecule has 1 aromatic rings. The molecule has 4 nitrogen and oxygen atoms in total. The Morgan fingerprint density at radius 1 is 1.25 bits per heavy atom. The van der Waals surface area contributed by atoms with E-state index in [1.165, 1.54) is 0 Å². The van der Waals surface area contributed by atoms with Gasteiger partial charge in [0.05, 0.1) is 19.8 Å². The summed E-state index contributed by atoms with van der Waals surface area (Å²) in [6.07, 6.45) is 1.27. The summed E-state index contributed by atoms with van der Waals surface area (Å²) in [5.41, 5.74) is 0.852. The topological polar surface area (TPSA) is 47.9 Å². The smallest absolute Gasteiger partial charge is 0.118 e. The second kappa shape index (κ2) is 7.62. The van der Waals surface area contributed by atoms with Crippen molar-refractivity contribution in [3.8, 4) is 5.75 Å². The van der Waals surface area contributed by atoms with Crippen LogP contribution in [0.5, 0.6) is 5.75 Å². The zero-order valence-electron chi connectivity index (χ0n) is 12.2. The van der Waals surface area contributed by atoms with Gasteiger partial charge in [-0.15, -0.1) is 0 Å². The highest BCUT2D eigenvalue weighted by molar-refractivity contribution is 5.28. The van der Waals surface area contributed by atoms with E-state index < -0.39 is 6.10 Å². The Bertz CT molecular complexity index is 384. The molecule has 1 aliphatic rings. The second-order valence-corrected chi connectivity index (χ2v) is 5.31. The summed E-state index contributed by atoms with van der Waals surface area (Å²) in [6.45, 7) is 4.25. The fraction of sp³-hybridized carbons (Fsp3) is 0.625. The molecule has 1 saturated heterocycles. The zero-order valence-corrected chi connectivity index (χ0v) is 12.2. The summed E-state index contributed by atoms with van der Waals surface area (Å²) in [4.78, 5) is 0. The van der Waals surface area contributed by atoms with E-state index in [0.717, 1.165) is 37.4 Å². The van der Waals surface area contributed by atoms with E-state index in [2.05, 4.69) is 0 Å². The van der Waals surface area contributed by atoms with Crippen LogP contribution in [0.1, 0.15) is 31.4 Å². The van der Waals surface area contributed by atoms with Crippen molar-refractivity contribution in [2.45, 2.75) is 32.0 Å². The van der Waals surface area contributed by atoms with Crippen molar-refractivity contribution >= 4 is 0 Å². The maximum atomic E-state index is 10.3. The van der Waals surface area contributed by atoms with Gasteiger partial charge in [-0.2, -0.15) is 0 Å². The van der Waals surface area contributed by atoms with Gasteiger partial charge in [0.15, 0.2) is 0 Å². The first-order valence-electron chi connectivity index (χ1n) is 7.22. The van der Waals surface area contributed by atoms with Crippen molar-refractivity contribution < 1.29 is 19.3 Å². The minimum Gasteiger partial charge on any atom is -0.497 e. The predicted octanol–water partition coefficient (Wildman–Crippen LogP) is 2.56. The quantitative estimate of drug-likeness (QED) is 0.870. The summed E-state index contributed by atoms with van der Waals surface area (Å²) >= 11 is 0. The molecule has 0 spiro atoms. The Morgan fingerprint density at radius 2 is 1.90 bits per heavy atom. The number of benzene rings is 1. The van der Waals surface area contributed by atoms with Gasteiger partial charge in [0, 0.05) is 13.2 Å². The van der Waals surface area contributed by atoms with Gasteiger partial charge in [-0.3, -0.25) is 0 Å². The SMILES string of the molecule is COc1ccc(C(O)C(C)OCC2CCOCC2)cc1. The fourth-order valence-corrected chi connectivity index (χ4v) is 2.36. The third kappa shape index (κ3) is 4.20. The molecule has 0 radical (unpaired) electrons. The largest absolute Gasteiger partial charge is 0.497 e. The monoisotopic (exact) mass is 280 g/mol. The fourth-order valence-electron chi connectivity index (χ4n) is 2.36. The number of aliphatic hydroxyl groups is 1. The van der Waals surface area contributed by atoms with Gasteiger partial charge in [0.25, 0.3) is 0 Å². The van der Waals surface area contributed by atoms with Gasteiger partial charge >= 0.3 is 0 Å². The standard InChI is InChI=1S/C16H24O4/c1-12(20-11-13-7-9-19-10-8-13)16(17)14-3-5-15(18-2)6-4-14/h3-6,12-13,16-17H,7-11H2,1-2H3. The first-order valence-corrected chi connectivity index (χ1v) is 7.22. The normalized spacial score (nSPS) is 19.6. The molecule has 2 rings (SSSR count). The molecule has 0 saturated carbocycles. The zero-order chi connectivity index (χ0) is 14.4. The maximum absolute atomic E-state index is 10.3. The van der Waals surface area contributed by atoms with Crippen LogP contribution in [-0.4, -0.2) is 38.1 Å². The van der Waals surface area contributed by atoms with Crippen molar-refractivity contribution in [2.24, 2.45) is 5.92 Å². The molecular formula is C16H24O4. The lowest BCUT2D eigenvalue weighted by Gasteiger charge is -2.26. The minimum atomic E-state index is -0.610. The van der Waals surface area contributed by atoms with Gasteiger partial charge in [-0.05, 0) is 43.4 Å². The maximum Gasteiger partial charge on any atom is 0.118 e. The summed E-state index contributed by atoms with van der Waals surface area (Å²) in [5.74, 6) is 1.34. The Kier molecular flexibility index (Phi) is 5.83. The number of aliphatic hydroxyl groups excluding tert-OH is 1. The minimum absolute atomic E-state index is 0.216. The Morgan fingerprint density at radius 3 is 2.50 bits per heavy atom. The molecule has 0 aliphatic carbocycles. The molecule has 1 heterocycles. The number of hydrogen-bond donors (Lipinski definition) is 1. The lowest BCUT2D eigenvalue weighted by molar-refractivity contribution is -0.0557. The van der Waals surface area contributed by atoms with Crippen LogP contribution < -0.4 is 4.74 Å². The first kappa shape index (κ1) is 15.3. The molecule has 2 atom stereocenters. The third-order valence-electron chi connectivity index (χ3n) is 3.84. The molecule has 20 heavy (non-hydrogen) atoms. The molecule has 1 aromatic carbocycles. The van der Waals surface area contributed by atoms with Crippen LogP contribution in [0.4, 0.5) is 0 Å². The van der Waals surface area contributed by atoms with Crippen molar-refractivity contribution in [1.82, 2.24) is 0 Å². The molecule has 4 heteroatoms. The highest BCUT2D eigenvalue weighted by atomic mass is 16.5.